The van der Waals surface area contributed by atoms with Crippen LogP contribution in [-0.4, -0.2) is 24.5 Å². The molecular formula is C17H20BrNO3. The van der Waals surface area contributed by atoms with Gasteiger partial charge < -0.3 is 10.1 Å². The molecule has 5 heteroatoms. The largest absolute Gasteiger partial charge is 0.455 e. The number of rotatable bonds is 5. The Balaban J connectivity index is 1.41. The molecule has 1 N–H and O–H groups in total. The SMILES string of the molecule is O=C(COC(=O)[C@@H]1C[C@H]1c1ccc(Br)cc1)NC1CCCC1. The van der Waals surface area contributed by atoms with Gasteiger partial charge in [-0.1, -0.05) is 40.9 Å². The molecule has 4 nitrogen and oxygen atoms in total. The van der Waals surface area contributed by atoms with Crippen molar-refractivity contribution >= 4 is 27.8 Å². The van der Waals surface area contributed by atoms with Gasteiger partial charge in [0.2, 0.25) is 0 Å². The molecule has 1 amide bonds. The first-order chi connectivity index (χ1) is 10.6. The fraction of sp³-hybridized carbons (Fsp3) is 0.529. The summed E-state index contributed by atoms with van der Waals surface area (Å²) in [6.45, 7) is -0.154. The van der Waals surface area contributed by atoms with Crippen LogP contribution in [0.4, 0.5) is 0 Å². The van der Waals surface area contributed by atoms with Crippen molar-refractivity contribution in [2.24, 2.45) is 5.92 Å². The molecule has 0 aromatic heterocycles. The van der Waals surface area contributed by atoms with E-state index in [1.54, 1.807) is 0 Å². The molecule has 2 aliphatic rings. The molecule has 1 aromatic rings. The average molecular weight is 366 g/mol. The quantitative estimate of drug-likeness (QED) is 0.815. The van der Waals surface area contributed by atoms with Gasteiger partial charge in [0.15, 0.2) is 6.61 Å². The zero-order chi connectivity index (χ0) is 15.5. The third kappa shape index (κ3) is 3.88. The Morgan fingerprint density at radius 1 is 1.18 bits per heavy atom. The number of ether oxygens (including phenoxy) is 1. The second-order valence-corrected chi connectivity index (χ2v) is 7.07. The first kappa shape index (κ1) is 15.5. The van der Waals surface area contributed by atoms with Gasteiger partial charge in [-0.15, -0.1) is 0 Å². The fourth-order valence-electron chi connectivity index (χ4n) is 3.12. The topological polar surface area (TPSA) is 55.4 Å². The summed E-state index contributed by atoms with van der Waals surface area (Å²) in [4.78, 5) is 23.7. The van der Waals surface area contributed by atoms with Crippen LogP contribution in [0.5, 0.6) is 0 Å². The van der Waals surface area contributed by atoms with Crippen LogP contribution >= 0.6 is 15.9 Å². The minimum Gasteiger partial charge on any atom is -0.455 e. The van der Waals surface area contributed by atoms with E-state index in [9.17, 15) is 9.59 Å². The number of benzene rings is 1. The fourth-order valence-corrected chi connectivity index (χ4v) is 3.38. The molecule has 0 aliphatic heterocycles. The predicted octanol–water partition coefficient (Wildman–Crippen LogP) is 3.15. The van der Waals surface area contributed by atoms with Crippen LogP contribution in [0.15, 0.2) is 28.7 Å². The highest BCUT2D eigenvalue weighted by Crippen LogP contribution is 2.48. The van der Waals surface area contributed by atoms with Crippen molar-refractivity contribution < 1.29 is 14.3 Å². The average Bonchev–Trinajstić information content (AvgIpc) is 3.15. The molecule has 0 bridgehead atoms. The van der Waals surface area contributed by atoms with E-state index in [1.807, 2.05) is 24.3 Å². The maximum Gasteiger partial charge on any atom is 0.310 e. The van der Waals surface area contributed by atoms with E-state index in [1.165, 1.54) is 12.8 Å². The second-order valence-electron chi connectivity index (χ2n) is 6.16. The van der Waals surface area contributed by atoms with Crippen LogP contribution in [0, 0.1) is 5.92 Å². The van der Waals surface area contributed by atoms with Gasteiger partial charge in [-0.2, -0.15) is 0 Å². The standard InChI is InChI=1S/C17H20BrNO3/c18-12-7-5-11(6-8-12)14-9-15(14)17(21)22-10-16(20)19-13-3-1-2-4-13/h5-8,13-15H,1-4,9-10H2,(H,19,20)/t14-,15+/m0/s1. The number of halogens is 1. The third-order valence-corrected chi connectivity index (χ3v) is 4.99. The van der Waals surface area contributed by atoms with Crippen molar-refractivity contribution in [2.45, 2.75) is 44.1 Å². The van der Waals surface area contributed by atoms with Crippen LogP contribution < -0.4 is 5.32 Å². The van der Waals surface area contributed by atoms with Crippen LogP contribution in [0.25, 0.3) is 0 Å². The maximum absolute atomic E-state index is 12.0. The van der Waals surface area contributed by atoms with Crippen LogP contribution in [0.3, 0.4) is 0 Å². The lowest BCUT2D eigenvalue weighted by atomic mass is 10.1. The number of esters is 1. The van der Waals surface area contributed by atoms with E-state index < -0.39 is 0 Å². The monoisotopic (exact) mass is 365 g/mol. The molecule has 0 spiro atoms. The van der Waals surface area contributed by atoms with Gasteiger partial charge in [-0.3, -0.25) is 9.59 Å². The van der Waals surface area contributed by atoms with Gasteiger partial charge >= 0.3 is 5.97 Å². The van der Waals surface area contributed by atoms with Crippen molar-refractivity contribution in [1.29, 1.82) is 0 Å². The van der Waals surface area contributed by atoms with E-state index in [2.05, 4.69) is 21.2 Å². The molecule has 0 heterocycles. The van der Waals surface area contributed by atoms with E-state index in [0.717, 1.165) is 29.3 Å². The molecule has 2 fully saturated rings. The molecule has 0 radical (unpaired) electrons. The molecule has 2 aliphatic carbocycles. The first-order valence-electron chi connectivity index (χ1n) is 7.85. The van der Waals surface area contributed by atoms with Gasteiger partial charge in [0, 0.05) is 10.5 Å². The van der Waals surface area contributed by atoms with Crippen molar-refractivity contribution in [3.8, 4) is 0 Å². The van der Waals surface area contributed by atoms with Crippen molar-refractivity contribution in [1.82, 2.24) is 5.32 Å². The maximum atomic E-state index is 12.0. The van der Waals surface area contributed by atoms with E-state index in [-0.39, 0.29) is 36.4 Å². The number of carbonyl (C=O) groups excluding carboxylic acids is 2. The summed E-state index contributed by atoms with van der Waals surface area (Å²) >= 11 is 3.40. The Hall–Kier alpha value is -1.36. The summed E-state index contributed by atoms with van der Waals surface area (Å²) in [5.41, 5.74) is 1.15. The number of hydrogen-bond donors (Lipinski definition) is 1. The smallest absolute Gasteiger partial charge is 0.310 e. The number of nitrogens with one attached hydrogen (secondary N) is 1. The Labute approximate surface area is 138 Å². The summed E-state index contributed by atoms with van der Waals surface area (Å²) in [5, 5.41) is 2.92. The molecule has 118 valence electrons. The zero-order valence-electron chi connectivity index (χ0n) is 12.4. The minimum atomic E-state index is -0.255. The Morgan fingerprint density at radius 3 is 2.55 bits per heavy atom. The highest BCUT2D eigenvalue weighted by Gasteiger charge is 2.45. The van der Waals surface area contributed by atoms with Crippen LogP contribution in [-0.2, 0) is 14.3 Å². The highest BCUT2D eigenvalue weighted by atomic mass is 79.9. The molecule has 3 rings (SSSR count). The lowest BCUT2D eigenvalue weighted by molar-refractivity contribution is -0.150. The van der Waals surface area contributed by atoms with Crippen LogP contribution in [0.1, 0.15) is 43.6 Å². The molecule has 2 atom stereocenters. The Morgan fingerprint density at radius 2 is 1.86 bits per heavy atom. The normalized spacial score (nSPS) is 24.0. The Kier molecular flexibility index (Phi) is 4.81. The van der Waals surface area contributed by atoms with Crippen molar-refractivity contribution in [2.75, 3.05) is 6.61 Å². The second kappa shape index (κ2) is 6.82. The van der Waals surface area contributed by atoms with Crippen molar-refractivity contribution in [3.63, 3.8) is 0 Å². The molecule has 0 unspecified atom stereocenters. The third-order valence-electron chi connectivity index (χ3n) is 4.46. The van der Waals surface area contributed by atoms with E-state index in [4.69, 9.17) is 4.74 Å². The van der Waals surface area contributed by atoms with E-state index in [0.29, 0.717) is 0 Å². The molecule has 1 aromatic carbocycles. The van der Waals surface area contributed by atoms with Gasteiger partial charge in [-0.05, 0) is 42.9 Å². The van der Waals surface area contributed by atoms with Crippen molar-refractivity contribution in [3.05, 3.63) is 34.3 Å². The molecule has 22 heavy (non-hydrogen) atoms. The Bertz CT molecular complexity index is 552. The summed E-state index contributed by atoms with van der Waals surface area (Å²) in [6, 6.07) is 8.27. The van der Waals surface area contributed by atoms with E-state index >= 15 is 0 Å². The summed E-state index contributed by atoms with van der Waals surface area (Å²) < 4.78 is 6.18. The number of amides is 1. The van der Waals surface area contributed by atoms with Gasteiger partial charge in [0.05, 0.1) is 5.92 Å². The number of carbonyl (C=O) groups is 2. The summed E-state index contributed by atoms with van der Waals surface area (Å²) in [5.74, 6) is -0.297. The van der Waals surface area contributed by atoms with Gasteiger partial charge in [0.25, 0.3) is 5.91 Å². The molecular weight excluding hydrogens is 346 g/mol. The summed E-state index contributed by atoms with van der Waals surface area (Å²) in [7, 11) is 0. The predicted molar refractivity (Wildman–Crippen MR) is 86.3 cm³/mol. The first-order valence-corrected chi connectivity index (χ1v) is 8.64. The zero-order valence-corrected chi connectivity index (χ0v) is 14.0. The minimum absolute atomic E-state index is 0.0968. The molecule has 2 saturated carbocycles. The molecule has 0 saturated heterocycles. The lowest BCUT2D eigenvalue weighted by Crippen LogP contribution is -2.36. The van der Waals surface area contributed by atoms with Gasteiger partial charge in [-0.25, -0.2) is 0 Å². The summed E-state index contributed by atoms with van der Waals surface area (Å²) in [6.07, 6.45) is 5.22. The number of hydrogen-bond acceptors (Lipinski definition) is 3. The lowest BCUT2D eigenvalue weighted by Gasteiger charge is -2.11. The van der Waals surface area contributed by atoms with Gasteiger partial charge in [0.1, 0.15) is 0 Å². The highest BCUT2D eigenvalue weighted by molar-refractivity contribution is 9.10. The van der Waals surface area contributed by atoms with Crippen LogP contribution in [0.2, 0.25) is 0 Å².